The van der Waals surface area contributed by atoms with Crippen LogP contribution in [0, 0.1) is 0 Å². The largest absolute Gasteiger partial charge is 0.396 e. The maximum atomic E-state index is 8.67. The van der Waals surface area contributed by atoms with Gasteiger partial charge in [-0.3, -0.25) is 0 Å². The molecule has 0 aromatic rings. The molecule has 0 bridgehead atoms. The predicted octanol–water partition coefficient (Wildman–Crippen LogP) is 0.0248. The zero-order valence-electron chi connectivity index (χ0n) is 7.01. The summed E-state index contributed by atoms with van der Waals surface area (Å²) in [4.78, 5) is 0. The Hall–Kier alpha value is -0.380. The van der Waals surface area contributed by atoms with Crippen LogP contribution in [0.2, 0.25) is 0 Å². The molecule has 3 nitrogen and oxygen atoms in total. The van der Waals surface area contributed by atoms with Crippen LogP contribution in [0.3, 0.4) is 0 Å². The molecule has 66 valence electrons. The third-order valence-corrected chi connectivity index (χ3v) is 1.97. The van der Waals surface area contributed by atoms with E-state index in [-0.39, 0.29) is 13.2 Å². The molecule has 0 aliphatic carbocycles. The summed E-state index contributed by atoms with van der Waals surface area (Å²) in [5, 5.41) is 17.3. The van der Waals surface area contributed by atoms with Crippen LogP contribution in [-0.2, 0) is 0 Å². The first kappa shape index (κ1) is 10.6. The lowest BCUT2D eigenvalue weighted by atomic mass is 9.86. The van der Waals surface area contributed by atoms with E-state index in [4.69, 9.17) is 15.9 Å². The van der Waals surface area contributed by atoms with Gasteiger partial charge in [0.15, 0.2) is 0 Å². The summed E-state index contributed by atoms with van der Waals surface area (Å²) in [6.07, 6.45) is 0.922. The second-order valence-corrected chi connectivity index (χ2v) is 2.88. The van der Waals surface area contributed by atoms with Crippen LogP contribution >= 0.6 is 0 Å². The summed E-state index contributed by atoms with van der Waals surface area (Å²) < 4.78 is 0. The summed E-state index contributed by atoms with van der Waals surface area (Å²) in [6.45, 7) is 5.59. The normalized spacial score (nSPS) is 11.6. The lowest BCUT2D eigenvalue weighted by molar-refractivity contribution is 0.211. The van der Waals surface area contributed by atoms with E-state index in [9.17, 15) is 0 Å². The molecule has 11 heavy (non-hydrogen) atoms. The molecule has 0 rings (SSSR count). The van der Waals surface area contributed by atoms with Crippen LogP contribution in [0.5, 0.6) is 0 Å². The van der Waals surface area contributed by atoms with E-state index in [2.05, 4.69) is 6.58 Å². The highest BCUT2D eigenvalue weighted by atomic mass is 16.3. The predicted molar refractivity (Wildman–Crippen MR) is 45.1 cm³/mol. The van der Waals surface area contributed by atoms with Gasteiger partial charge in [-0.05, 0) is 19.8 Å². The molecule has 0 heterocycles. The van der Waals surface area contributed by atoms with E-state index in [0.29, 0.717) is 12.8 Å². The summed E-state index contributed by atoms with van der Waals surface area (Å²) in [5.74, 6) is 0. The average molecular weight is 159 g/mol. The number of hydrogen-bond acceptors (Lipinski definition) is 3. The molecule has 0 saturated heterocycles. The zero-order valence-corrected chi connectivity index (χ0v) is 7.01. The maximum absolute atomic E-state index is 8.67. The SMILES string of the molecule is C=C(C)C(N)(CCO)CCO. The van der Waals surface area contributed by atoms with Gasteiger partial charge in [-0.2, -0.15) is 0 Å². The summed E-state index contributed by atoms with van der Waals surface area (Å²) in [7, 11) is 0. The molecule has 4 N–H and O–H groups in total. The minimum Gasteiger partial charge on any atom is -0.396 e. The van der Waals surface area contributed by atoms with E-state index in [1.165, 1.54) is 0 Å². The molecule has 0 aromatic heterocycles. The molecule has 0 fully saturated rings. The Morgan fingerprint density at radius 2 is 1.73 bits per heavy atom. The van der Waals surface area contributed by atoms with Crippen molar-refractivity contribution in [1.29, 1.82) is 0 Å². The lowest BCUT2D eigenvalue weighted by Crippen LogP contribution is -2.42. The highest BCUT2D eigenvalue weighted by Crippen LogP contribution is 2.19. The van der Waals surface area contributed by atoms with Gasteiger partial charge in [0.25, 0.3) is 0 Å². The van der Waals surface area contributed by atoms with Gasteiger partial charge in [0, 0.05) is 18.8 Å². The van der Waals surface area contributed by atoms with Crippen molar-refractivity contribution in [2.24, 2.45) is 5.73 Å². The molecular formula is C8H17NO2. The van der Waals surface area contributed by atoms with Crippen molar-refractivity contribution in [3.05, 3.63) is 12.2 Å². The second-order valence-electron chi connectivity index (χ2n) is 2.88. The first-order chi connectivity index (χ1) is 5.06. The molecule has 3 heteroatoms. The van der Waals surface area contributed by atoms with Crippen molar-refractivity contribution in [2.45, 2.75) is 25.3 Å². The Morgan fingerprint density at radius 1 is 1.36 bits per heavy atom. The number of aliphatic hydroxyl groups is 2. The Balaban J connectivity index is 4.13. The zero-order chi connectivity index (χ0) is 8.91. The van der Waals surface area contributed by atoms with E-state index >= 15 is 0 Å². The topological polar surface area (TPSA) is 66.5 Å². The molecular weight excluding hydrogens is 142 g/mol. The van der Waals surface area contributed by atoms with Crippen LogP contribution in [0.15, 0.2) is 12.2 Å². The van der Waals surface area contributed by atoms with Gasteiger partial charge in [0.2, 0.25) is 0 Å². The molecule has 0 aliphatic rings. The minimum atomic E-state index is -0.594. The monoisotopic (exact) mass is 159 g/mol. The smallest absolute Gasteiger partial charge is 0.0451 e. The van der Waals surface area contributed by atoms with Crippen LogP contribution in [0.25, 0.3) is 0 Å². The van der Waals surface area contributed by atoms with Gasteiger partial charge in [0.05, 0.1) is 0 Å². The van der Waals surface area contributed by atoms with Crippen molar-refractivity contribution in [1.82, 2.24) is 0 Å². The highest BCUT2D eigenvalue weighted by Gasteiger charge is 2.24. The molecule has 0 aromatic carbocycles. The number of nitrogens with two attached hydrogens (primary N) is 1. The van der Waals surface area contributed by atoms with E-state index in [1.54, 1.807) is 0 Å². The Morgan fingerprint density at radius 3 is 1.91 bits per heavy atom. The van der Waals surface area contributed by atoms with Crippen molar-refractivity contribution < 1.29 is 10.2 Å². The third-order valence-electron chi connectivity index (χ3n) is 1.97. The van der Waals surface area contributed by atoms with Crippen molar-refractivity contribution in [3.8, 4) is 0 Å². The van der Waals surface area contributed by atoms with Gasteiger partial charge in [-0.15, -0.1) is 0 Å². The molecule has 0 atom stereocenters. The molecule has 0 unspecified atom stereocenters. The van der Waals surface area contributed by atoms with Gasteiger partial charge in [-0.25, -0.2) is 0 Å². The fourth-order valence-corrected chi connectivity index (χ4v) is 0.951. The van der Waals surface area contributed by atoms with Gasteiger partial charge >= 0.3 is 0 Å². The van der Waals surface area contributed by atoms with Crippen molar-refractivity contribution >= 4 is 0 Å². The number of rotatable bonds is 5. The first-order valence-electron chi connectivity index (χ1n) is 3.73. The summed E-state index contributed by atoms with van der Waals surface area (Å²) >= 11 is 0. The fourth-order valence-electron chi connectivity index (χ4n) is 0.951. The standard InChI is InChI=1S/C8H17NO2/c1-7(2)8(9,3-5-10)4-6-11/h10-11H,1,3-6,9H2,2H3. The lowest BCUT2D eigenvalue weighted by Gasteiger charge is -2.28. The maximum Gasteiger partial charge on any atom is 0.0451 e. The van der Waals surface area contributed by atoms with Gasteiger partial charge < -0.3 is 15.9 Å². The highest BCUT2D eigenvalue weighted by molar-refractivity contribution is 5.12. The molecule has 0 amide bonds. The fraction of sp³-hybridized carbons (Fsp3) is 0.750. The van der Waals surface area contributed by atoms with Gasteiger partial charge in [-0.1, -0.05) is 12.2 Å². The van der Waals surface area contributed by atoms with Crippen LogP contribution in [0.4, 0.5) is 0 Å². The number of hydrogen-bond donors (Lipinski definition) is 3. The third kappa shape index (κ3) is 3.01. The summed E-state index contributed by atoms with van der Waals surface area (Å²) in [6, 6.07) is 0. The average Bonchev–Trinajstić information content (AvgIpc) is 1.88. The number of aliphatic hydroxyl groups excluding tert-OH is 2. The molecule has 0 radical (unpaired) electrons. The second kappa shape index (κ2) is 4.49. The van der Waals surface area contributed by atoms with E-state index < -0.39 is 5.54 Å². The van der Waals surface area contributed by atoms with Crippen LogP contribution < -0.4 is 5.73 Å². The molecule has 0 aliphatic heterocycles. The summed E-state index contributed by atoms with van der Waals surface area (Å²) in [5.41, 5.74) is 6.05. The molecule has 0 spiro atoms. The first-order valence-corrected chi connectivity index (χ1v) is 3.73. The van der Waals surface area contributed by atoms with Crippen LogP contribution in [-0.4, -0.2) is 29.0 Å². The van der Waals surface area contributed by atoms with Crippen molar-refractivity contribution in [2.75, 3.05) is 13.2 Å². The van der Waals surface area contributed by atoms with E-state index in [1.807, 2.05) is 6.92 Å². The minimum absolute atomic E-state index is 0.0311. The Bertz CT molecular complexity index is 128. The molecule has 0 saturated carbocycles. The Labute approximate surface area is 67.5 Å². The quantitative estimate of drug-likeness (QED) is 0.496. The van der Waals surface area contributed by atoms with E-state index in [0.717, 1.165) is 5.57 Å². The van der Waals surface area contributed by atoms with Gasteiger partial charge in [0.1, 0.15) is 0 Å². The van der Waals surface area contributed by atoms with Crippen LogP contribution in [0.1, 0.15) is 19.8 Å². The van der Waals surface area contributed by atoms with Crippen molar-refractivity contribution in [3.63, 3.8) is 0 Å². The Kier molecular flexibility index (Phi) is 4.33.